The normalized spacial score (nSPS) is 12.6. The Kier molecular flexibility index (Phi) is 5.41. The summed E-state index contributed by atoms with van der Waals surface area (Å²) in [6.07, 6.45) is 0.872. The predicted octanol–water partition coefficient (Wildman–Crippen LogP) is 4.68. The minimum atomic E-state index is -0.109. The highest BCUT2D eigenvalue weighted by Crippen LogP contribution is 2.39. The van der Waals surface area contributed by atoms with Crippen molar-refractivity contribution in [1.82, 2.24) is 0 Å². The van der Waals surface area contributed by atoms with Gasteiger partial charge in [-0.1, -0.05) is 25.4 Å². The first kappa shape index (κ1) is 14.5. The largest absolute Gasteiger partial charge is 0.493 e. The van der Waals surface area contributed by atoms with Crippen LogP contribution >= 0.6 is 23.2 Å². The molecule has 0 aliphatic rings. The van der Waals surface area contributed by atoms with E-state index in [1.807, 2.05) is 6.07 Å². The van der Waals surface area contributed by atoms with Gasteiger partial charge in [0.25, 0.3) is 0 Å². The monoisotopic (exact) mass is 276 g/mol. The fourth-order valence-corrected chi connectivity index (χ4v) is 2.53. The summed E-state index contributed by atoms with van der Waals surface area (Å²) in [4.78, 5) is 0. The summed E-state index contributed by atoms with van der Waals surface area (Å²) in [5.41, 5.74) is 0.889. The summed E-state index contributed by atoms with van der Waals surface area (Å²) in [5, 5.41) is 0.505. The van der Waals surface area contributed by atoms with Gasteiger partial charge in [0.1, 0.15) is 0 Å². The number of ether oxygens (including phenoxy) is 2. The third-order valence-electron chi connectivity index (χ3n) is 2.52. The van der Waals surface area contributed by atoms with Gasteiger partial charge >= 0.3 is 0 Å². The van der Waals surface area contributed by atoms with Gasteiger partial charge in [0, 0.05) is 11.1 Å². The molecule has 0 saturated heterocycles. The fraction of sp³-hybridized carbons (Fsp3) is 0.538. The molecule has 2 nitrogen and oxygen atoms in total. The molecule has 1 rings (SSSR count). The Morgan fingerprint density at radius 2 is 1.65 bits per heavy atom. The van der Waals surface area contributed by atoms with Gasteiger partial charge in [-0.15, -0.1) is 11.6 Å². The van der Waals surface area contributed by atoms with Gasteiger partial charge in [0.05, 0.1) is 19.6 Å². The molecule has 1 atom stereocenters. The van der Waals surface area contributed by atoms with Gasteiger partial charge in [-0.2, -0.15) is 0 Å². The molecule has 0 amide bonds. The zero-order valence-corrected chi connectivity index (χ0v) is 12.1. The van der Waals surface area contributed by atoms with Crippen LogP contribution in [-0.4, -0.2) is 14.2 Å². The topological polar surface area (TPSA) is 18.5 Å². The first-order valence-electron chi connectivity index (χ1n) is 5.55. The molecule has 0 fully saturated rings. The summed E-state index contributed by atoms with van der Waals surface area (Å²) in [6, 6.07) is 3.59. The maximum atomic E-state index is 6.35. The van der Waals surface area contributed by atoms with Gasteiger partial charge in [0.15, 0.2) is 11.5 Å². The van der Waals surface area contributed by atoms with Gasteiger partial charge < -0.3 is 9.47 Å². The minimum absolute atomic E-state index is 0.109. The number of halogens is 2. The van der Waals surface area contributed by atoms with Crippen LogP contribution in [0.1, 0.15) is 31.2 Å². The number of rotatable bonds is 5. The quantitative estimate of drug-likeness (QED) is 0.727. The molecule has 0 saturated carbocycles. The maximum Gasteiger partial charge on any atom is 0.162 e. The summed E-state index contributed by atoms with van der Waals surface area (Å²) in [6.45, 7) is 4.26. The van der Waals surface area contributed by atoms with Crippen LogP contribution in [0.5, 0.6) is 11.5 Å². The van der Waals surface area contributed by atoms with Crippen molar-refractivity contribution in [1.29, 1.82) is 0 Å². The number of hydrogen-bond donors (Lipinski definition) is 0. The predicted molar refractivity (Wildman–Crippen MR) is 72.6 cm³/mol. The van der Waals surface area contributed by atoms with Crippen molar-refractivity contribution in [2.45, 2.75) is 25.6 Å². The molecule has 96 valence electrons. The van der Waals surface area contributed by atoms with Crippen molar-refractivity contribution in [3.8, 4) is 11.5 Å². The summed E-state index contributed by atoms with van der Waals surface area (Å²) < 4.78 is 10.4. The maximum absolute atomic E-state index is 6.35. The smallest absolute Gasteiger partial charge is 0.162 e. The molecule has 0 bridgehead atoms. The second-order valence-electron chi connectivity index (χ2n) is 4.33. The summed E-state index contributed by atoms with van der Waals surface area (Å²) in [7, 11) is 3.18. The number of benzene rings is 1. The zero-order valence-electron chi connectivity index (χ0n) is 10.6. The van der Waals surface area contributed by atoms with Crippen LogP contribution in [0.2, 0.25) is 5.02 Å². The van der Waals surface area contributed by atoms with E-state index in [-0.39, 0.29) is 5.38 Å². The first-order chi connectivity index (χ1) is 7.99. The molecule has 0 aromatic heterocycles. The van der Waals surface area contributed by atoms with E-state index in [2.05, 4.69) is 13.8 Å². The van der Waals surface area contributed by atoms with E-state index in [0.29, 0.717) is 22.4 Å². The highest BCUT2D eigenvalue weighted by Gasteiger charge is 2.17. The van der Waals surface area contributed by atoms with Crippen LogP contribution in [0.15, 0.2) is 12.1 Å². The lowest BCUT2D eigenvalue weighted by atomic mass is 10.0. The molecule has 0 heterocycles. The Labute approximate surface area is 113 Å². The van der Waals surface area contributed by atoms with Crippen molar-refractivity contribution in [2.24, 2.45) is 5.92 Å². The lowest BCUT2D eigenvalue weighted by Gasteiger charge is -2.16. The molecule has 0 radical (unpaired) electrons. The Morgan fingerprint density at radius 1 is 1.12 bits per heavy atom. The molecule has 0 N–H and O–H groups in total. The van der Waals surface area contributed by atoms with E-state index in [1.165, 1.54) is 0 Å². The van der Waals surface area contributed by atoms with Crippen molar-refractivity contribution in [3.63, 3.8) is 0 Å². The zero-order chi connectivity index (χ0) is 13.0. The second-order valence-corrected chi connectivity index (χ2v) is 5.26. The van der Waals surface area contributed by atoms with E-state index in [1.54, 1.807) is 20.3 Å². The fourth-order valence-electron chi connectivity index (χ4n) is 1.65. The Bertz CT molecular complexity index is 378. The van der Waals surface area contributed by atoms with Crippen LogP contribution < -0.4 is 9.47 Å². The molecule has 1 aromatic rings. The second kappa shape index (κ2) is 6.36. The van der Waals surface area contributed by atoms with Gasteiger partial charge in [0.2, 0.25) is 0 Å². The molecule has 4 heteroatoms. The van der Waals surface area contributed by atoms with Gasteiger partial charge in [-0.3, -0.25) is 0 Å². The van der Waals surface area contributed by atoms with E-state index in [9.17, 15) is 0 Å². The van der Waals surface area contributed by atoms with E-state index in [4.69, 9.17) is 32.7 Å². The molecule has 17 heavy (non-hydrogen) atoms. The lowest BCUT2D eigenvalue weighted by Crippen LogP contribution is -1.99. The van der Waals surface area contributed by atoms with Crippen LogP contribution in [0.4, 0.5) is 0 Å². The number of methoxy groups -OCH3 is 2. The first-order valence-corrected chi connectivity index (χ1v) is 6.36. The number of alkyl halides is 1. The van der Waals surface area contributed by atoms with Crippen LogP contribution in [0, 0.1) is 5.92 Å². The Morgan fingerprint density at radius 3 is 2.12 bits per heavy atom. The Balaban J connectivity index is 3.07. The molecular formula is C13H18Cl2O2. The molecule has 0 spiro atoms. The van der Waals surface area contributed by atoms with Crippen molar-refractivity contribution >= 4 is 23.2 Å². The average Bonchev–Trinajstić information content (AvgIpc) is 2.27. The van der Waals surface area contributed by atoms with Gasteiger partial charge in [-0.25, -0.2) is 0 Å². The average molecular weight is 277 g/mol. The molecule has 1 unspecified atom stereocenters. The van der Waals surface area contributed by atoms with Crippen LogP contribution in [0.3, 0.4) is 0 Å². The summed E-state index contributed by atoms with van der Waals surface area (Å²) in [5.74, 6) is 1.79. The molecule has 0 aliphatic carbocycles. The van der Waals surface area contributed by atoms with E-state index in [0.717, 1.165) is 12.0 Å². The van der Waals surface area contributed by atoms with Gasteiger partial charge in [-0.05, 0) is 24.0 Å². The molecular weight excluding hydrogens is 259 g/mol. The summed E-state index contributed by atoms with van der Waals surface area (Å²) >= 11 is 12.5. The van der Waals surface area contributed by atoms with E-state index < -0.39 is 0 Å². The van der Waals surface area contributed by atoms with Crippen LogP contribution in [-0.2, 0) is 0 Å². The van der Waals surface area contributed by atoms with Crippen molar-refractivity contribution in [2.75, 3.05) is 14.2 Å². The highest BCUT2D eigenvalue weighted by molar-refractivity contribution is 6.33. The van der Waals surface area contributed by atoms with E-state index >= 15 is 0 Å². The minimum Gasteiger partial charge on any atom is -0.493 e. The number of hydrogen-bond acceptors (Lipinski definition) is 2. The highest BCUT2D eigenvalue weighted by atomic mass is 35.5. The third kappa shape index (κ3) is 3.68. The Hall–Kier alpha value is -0.600. The van der Waals surface area contributed by atoms with Crippen molar-refractivity contribution in [3.05, 3.63) is 22.7 Å². The molecule has 1 aromatic carbocycles. The SMILES string of the molecule is COc1cc(Cl)c(C(Cl)CC(C)C)cc1OC. The van der Waals surface area contributed by atoms with Crippen LogP contribution in [0.25, 0.3) is 0 Å². The molecule has 0 aliphatic heterocycles. The van der Waals surface area contributed by atoms with Crippen molar-refractivity contribution < 1.29 is 9.47 Å². The lowest BCUT2D eigenvalue weighted by molar-refractivity contribution is 0.354. The standard InChI is InChI=1S/C13H18Cl2O2/c1-8(2)5-10(14)9-6-12(16-3)13(17-4)7-11(9)15/h6-8,10H,5H2,1-4H3. The third-order valence-corrected chi connectivity index (χ3v) is 3.26.